The first-order chi connectivity index (χ1) is 9.36. The highest BCUT2D eigenvalue weighted by Crippen LogP contribution is 2.40. The summed E-state index contributed by atoms with van der Waals surface area (Å²) in [6, 6.07) is 5.59. The van der Waals surface area contributed by atoms with Gasteiger partial charge in [0.2, 0.25) is 6.79 Å². The van der Waals surface area contributed by atoms with Crippen molar-refractivity contribution in [3.8, 4) is 17.6 Å². The van der Waals surface area contributed by atoms with Crippen molar-refractivity contribution >= 4 is 12.6 Å². The first kappa shape index (κ1) is 13.3. The maximum Gasteiger partial charge on any atom is 0.498 e. The first-order valence-corrected chi connectivity index (χ1v) is 6.54. The van der Waals surface area contributed by atoms with Gasteiger partial charge in [0.15, 0.2) is 11.5 Å². The zero-order chi connectivity index (χ0) is 14.5. The fraction of sp³-hybridized carbons (Fsp3) is 0.500. The Hall–Kier alpha value is -1.71. The van der Waals surface area contributed by atoms with Crippen molar-refractivity contribution in [1.29, 1.82) is 5.26 Å². The summed E-state index contributed by atoms with van der Waals surface area (Å²) >= 11 is 0. The molecule has 6 heteroatoms. The van der Waals surface area contributed by atoms with Crippen LogP contribution in [-0.4, -0.2) is 25.1 Å². The van der Waals surface area contributed by atoms with Crippen LogP contribution >= 0.6 is 0 Å². The topological polar surface area (TPSA) is 60.7 Å². The van der Waals surface area contributed by atoms with Crippen LogP contribution in [0, 0.1) is 11.3 Å². The van der Waals surface area contributed by atoms with E-state index in [0.717, 1.165) is 5.46 Å². The summed E-state index contributed by atoms with van der Waals surface area (Å²) in [5.41, 5.74) is 0.378. The standard InChI is InChI=1S/C14H16BNO4/c1-13(2)14(3,4)20-15(19-13)10-6-5-9(7-16)11-12(10)18-8-17-11/h5-6H,8H2,1-4H3. The van der Waals surface area contributed by atoms with E-state index in [-0.39, 0.29) is 6.79 Å². The van der Waals surface area contributed by atoms with E-state index in [1.165, 1.54) is 0 Å². The van der Waals surface area contributed by atoms with Gasteiger partial charge in [-0.15, -0.1) is 0 Å². The molecule has 0 bridgehead atoms. The van der Waals surface area contributed by atoms with Gasteiger partial charge in [-0.25, -0.2) is 0 Å². The van der Waals surface area contributed by atoms with Gasteiger partial charge in [0.05, 0.1) is 16.8 Å². The van der Waals surface area contributed by atoms with E-state index in [2.05, 4.69) is 6.07 Å². The average molecular weight is 273 g/mol. The second-order valence-electron chi connectivity index (χ2n) is 5.97. The predicted molar refractivity (Wildman–Crippen MR) is 73.0 cm³/mol. The third-order valence-corrected chi connectivity index (χ3v) is 4.18. The molecule has 0 unspecified atom stereocenters. The van der Waals surface area contributed by atoms with Gasteiger partial charge < -0.3 is 18.8 Å². The van der Waals surface area contributed by atoms with Gasteiger partial charge in [0.25, 0.3) is 0 Å². The molecule has 0 spiro atoms. The van der Waals surface area contributed by atoms with Crippen LogP contribution in [-0.2, 0) is 9.31 Å². The zero-order valence-electron chi connectivity index (χ0n) is 12.0. The minimum Gasteiger partial charge on any atom is -0.454 e. The number of fused-ring (bicyclic) bond motifs is 1. The normalized spacial score (nSPS) is 21.9. The fourth-order valence-corrected chi connectivity index (χ4v) is 2.26. The number of nitriles is 1. The van der Waals surface area contributed by atoms with Crippen molar-refractivity contribution < 1.29 is 18.8 Å². The minimum absolute atomic E-state index is 0.112. The smallest absolute Gasteiger partial charge is 0.454 e. The quantitative estimate of drug-likeness (QED) is 0.727. The van der Waals surface area contributed by atoms with Gasteiger partial charge >= 0.3 is 7.12 Å². The molecule has 2 aliphatic rings. The van der Waals surface area contributed by atoms with E-state index < -0.39 is 18.3 Å². The van der Waals surface area contributed by atoms with Crippen molar-refractivity contribution in [2.75, 3.05) is 6.79 Å². The second kappa shape index (κ2) is 4.14. The summed E-state index contributed by atoms with van der Waals surface area (Å²) in [7, 11) is -0.525. The van der Waals surface area contributed by atoms with E-state index in [1.54, 1.807) is 12.1 Å². The molecule has 0 amide bonds. The van der Waals surface area contributed by atoms with Crippen LogP contribution in [0.3, 0.4) is 0 Å². The van der Waals surface area contributed by atoms with Crippen LogP contribution in [0.2, 0.25) is 0 Å². The number of ether oxygens (including phenoxy) is 2. The average Bonchev–Trinajstić information content (AvgIpc) is 2.91. The first-order valence-electron chi connectivity index (χ1n) is 6.54. The van der Waals surface area contributed by atoms with Crippen molar-refractivity contribution in [3.05, 3.63) is 17.7 Å². The number of hydrogen-bond donors (Lipinski definition) is 0. The molecule has 0 N–H and O–H groups in total. The Morgan fingerprint density at radius 3 is 2.25 bits per heavy atom. The number of benzene rings is 1. The Balaban J connectivity index is 2.02. The van der Waals surface area contributed by atoms with Gasteiger partial charge in [0.1, 0.15) is 6.07 Å². The number of rotatable bonds is 1. The summed E-state index contributed by atoms with van der Waals surface area (Å²) in [5, 5.41) is 9.08. The third kappa shape index (κ3) is 1.78. The highest BCUT2D eigenvalue weighted by Gasteiger charge is 2.53. The molecular formula is C14H16BNO4. The molecule has 2 aliphatic heterocycles. The van der Waals surface area contributed by atoms with Crippen LogP contribution in [0.5, 0.6) is 11.5 Å². The van der Waals surface area contributed by atoms with Gasteiger partial charge in [0, 0.05) is 5.46 Å². The lowest BCUT2D eigenvalue weighted by Crippen LogP contribution is -2.41. The Bertz CT molecular complexity index is 590. The molecule has 5 nitrogen and oxygen atoms in total. The van der Waals surface area contributed by atoms with Crippen LogP contribution in [0.15, 0.2) is 12.1 Å². The third-order valence-electron chi connectivity index (χ3n) is 4.18. The van der Waals surface area contributed by atoms with Crippen LogP contribution in [0.25, 0.3) is 0 Å². The Kier molecular flexibility index (Phi) is 2.75. The maximum absolute atomic E-state index is 9.08. The summed E-state index contributed by atoms with van der Waals surface area (Å²) in [4.78, 5) is 0. The number of nitrogens with zero attached hydrogens (tertiary/aromatic N) is 1. The molecule has 3 rings (SSSR count). The van der Waals surface area contributed by atoms with E-state index in [0.29, 0.717) is 17.1 Å². The SMILES string of the molecule is CC1(C)OB(c2ccc(C#N)c3c2OCO3)OC1(C)C. The highest BCUT2D eigenvalue weighted by atomic mass is 16.7. The highest BCUT2D eigenvalue weighted by molar-refractivity contribution is 6.63. The van der Waals surface area contributed by atoms with Gasteiger partial charge in [-0.1, -0.05) is 6.07 Å². The van der Waals surface area contributed by atoms with E-state index >= 15 is 0 Å². The summed E-state index contributed by atoms with van der Waals surface area (Å²) in [6.07, 6.45) is 0. The molecule has 1 aromatic carbocycles. The predicted octanol–water partition coefficient (Wildman–Crippen LogP) is 1.59. The molecule has 0 aromatic heterocycles. The van der Waals surface area contributed by atoms with Crippen molar-refractivity contribution in [2.24, 2.45) is 0 Å². The zero-order valence-corrected chi connectivity index (χ0v) is 12.0. The fourth-order valence-electron chi connectivity index (χ4n) is 2.26. The van der Waals surface area contributed by atoms with Crippen molar-refractivity contribution in [1.82, 2.24) is 0 Å². The molecule has 2 heterocycles. The van der Waals surface area contributed by atoms with Gasteiger partial charge in [-0.2, -0.15) is 5.26 Å². The molecule has 20 heavy (non-hydrogen) atoms. The Morgan fingerprint density at radius 1 is 1.05 bits per heavy atom. The molecule has 0 radical (unpaired) electrons. The van der Waals surface area contributed by atoms with Crippen LogP contribution < -0.4 is 14.9 Å². The van der Waals surface area contributed by atoms with Crippen molar-refractivity contribution in [2.45, 2.75) is 38.9 Å². The molecule has 1 saturated heterocycles. The summed E-state index contributed by atoms with van der Waals surface area (Å²) < 4.78 is 22.9. The van der Waals surface area contributed by atoms with E-state index in [9.17, 15) is 0 Å². The van der Waals surface area contributed by atoms with E-state index in [4.69, 9.17) is 24.0 Å². The lowest BCUT2D eigenvalue weighted by molar-refractivity contribution is 0.00578. The summed E-state index contributed by atoms with van der Waals surface area (Å²) in [6.45, 7) is 8.09. The minimum atomic E-state index is -0.525. The summed E-state index contributed by atoms with van der Waals surface area (Å²) in [5.74, 6) is 1.02. The molecule has 0 aliphatic carbocycles. The monoisotopic (exact) mass is 273 g/mol. The van der Waals surface area contributed by atoms with E-state index in [1.807, 2.05) is 27.7 Å². The molecule has 0 saturated carbocycles. The molecule has 0 atom stereocenters. The second-order valence-corrected chi connectivity index (χ2v) is 5.97. The van der Waals surface area contributed by atoms with Gasteiger partial charge in [-0.05, 0) is 33.8 Å². The Morgan fingerprint density at radius 2 is 1.65 bits per heavy atom. The Labute approximate surface area is 118 Å². The molecular weight excluding hydrogens is 257 g/mol. The van der Waals surface area contributed by atoms with Gasteiger partial charge in [-0.3, -0.25) is 0 Å². The lowest BCUT2D eigenvalue weighted by atomic mass is 9.77. The van der Waals surface area contributed by atoms with Crippen LogP contribution in [0.4, 0.5) is 0 Å². The maximum atomic E-state index is 9.08. The van der Waals surface area contributed by atoms with Crippen LogP contribution in [0.1, 0.15) is 33.3 Å². The number of hydrogen-bond acceptors (Lipinski definition) is 5. The van der Waals surface area contributed by atoms with Crippen molar-refractivity contribution in [3.63, 3.8) is 0 Å². The molecule has 1 aromatic rings. The lowest BCUT2D eigenvalue weighted by Gasteiger charge is -2.32. The molecule has 104 valence electrons. The molecule has 1 fully saturated rings. The largest absolute Gasteiger partial charge is 0.498 e.